The van der Waals surface area contributed by atoms with E-state index >= 15 is 0 Å². The molecular weight excluding hydrogens is 230 g/mol. The van der Waals surface area contributed by atoms with Gasteiger partial charge in [0, 0.05) is 32.2 Å². The fourth-order valence-electron chi connectivity index (χ4n) is 2.14. The van der Waals surface area contributed by atoms with Crippen LogP contribution in [0.1, 0.15) is 33.6 Å². The number of amides is 2. The number of nitrogens with one attached hydrogen (secondary N) is 1. The minimum absolute atomic E-state index is 0.0755. The van der Waals surface area contributed by atoms with Crippen LogP contribution in [0.25, 0.3) is 0 Å². The van der Waals surface area contributed by atoms with Gasteiger partial charge in [-0.05, 0) is 33.2 Å². The zero-order valence-electron chi connectivity index (χ0n) is 11.7. The molecule has 104 valence electrons. The van der Waals surface area contributed by atoms with Gasteiger partial charge in [-0.15, -0.1) is 0 Å². The van der Waals surface area contributed by atoms with Crippen LogP contribution in [-0.2, 0) is 9.59 Å². The highest BCUT2D eigenvalue weighted by Crippen LogP contribution is 2.05. The van der Waals surface area contributed by atoms with E-state index in [1.807, 2.05) is 20.8 Å². The molecule has 1 aliphatic rings. The summed E-state index contributed by atoms with van der Waals surface area (Å²) in [6.45, 7) is 9.56. The van der Waals surface area contributed by atoms with Crippen molar-refractivity contribution in [2.75, 3.05) is 32.7 Å². The lowest BCUT2D eigenvalue weighted by atomic mass is 10.2. The van der Waals surface area contributed by atoms with Crippen molar-refractivity contribution >= 4 is 11.8 Å². The molecule has 0 aromatic rings. The van der Waals surface area contributed by atoms with E-state index in [9.17, 15) is 9.59 Å². The highest BCUT2D eigenvalue weighted by Gasteiger charge is 2.28. The van der Waals surface area contributed by atoms with Crippen LogP contribution in [0.3, 0.4) is 0 Å². The zero-order valence-corrected chi connectivity index (χ0v) is 11.7. The Morgan fingerprint density at radius 1 is 1.28 bits per heavy atom. The predicted octanol–water partition coefficient (Wildman–Crippen LogP) is 0.455. The van der Waals surface area contributed by atoms with E-state index in [0.29, 0.717) is 19.6 Å². The van der Waals surface area contributed by atoms with Crippen molar-refractivity contribution in [3.05, 3.63) is 0 Å². The highest BCUT2D eigenvalue weighted by molar-refractivity contribution is 6.35. The lowest BCUT2D eigenvalue weighted by Gasteiger charge is -2.28. The summed E-state index contributed by atoms with van der Waals surface area (Å²) in [6.07, 6.45) is 1.78. The molecule has 2 amide bonds. The Bertz CT molecular complexity index is 284. The summed E-state index contributed by atoms with van der Waals surface area (Å²) in [6, 6.07) is 0.0755. The summed E-state index contributed by atoms with van der Waals surface area (Å²) in [4.78, 5) is 27.7. The number of carbonyl (C=O) groups excluding carboxylic acids is 2. The van der Waals surface area contributed by atoms with Crippen LogP contribution >= 0.6 is 0 Å². The molecule has 1 rings (SSSR count). The minimum Gasteiger partial charge on any atom is -0.333 e. The molecular formula is C13H25N3O2. The molecule has 1 N–H and O–H groups in total. The average molecular weight is 255 g/mol. The average Bonchev–Trinajstić information content (AvgIpc) is 2.62. The van der Waals surface area contributed by atoms with Crippen molar-refractivity contribution in [3.63, 3.8) is 0 Å². The largest absolute Gasteiger partial charge is 0.333 e. The van der Waals surface area contributed by atoms with Crippen molar-refractivity contribution in [2.45, 2.75) is 39.7 Å². The van der Waals surface area contributed by atoms with Crippen molar-refractivity contribution in [3.8, 4) is 0 Å². The maximum absolute atomic E-state index is 12.2. The first-order valence-corrected chi connectivity index (χ1v) is 6.88. The number of nitrogens with zero attached hydrogens (tertiary/aromatic N) is 2. The van der Waals surface area contributed by atoms with Gasteiger partial charge in [0.1, 0.15) is 0 Å². The molecule has 0 aromatic heterocycles. The molecule has 1 heterocycles. The first-order chi connectivity index (χ1) is 8.57. The van der Waals surface area contributed by atoms with Gasteiger partial charge in [-0.2, -0.15) is 0 Å². The molecule has 0 aliphatic carbocycles. The van der Waals surface area contributed by atoms with Crippen LogP contribution in [0.2, 0.25) is 0 Å². The van der Waals surface area contributed by atoms with E-state index < -0.39 is 0 Å². The van der Waals surface area contributed by atoms with E-state index in [-0.39, 0.29) is 17.9 Å². The monoisotopic (exact) mass is 255 g/mol. The second-order valence-electron chi connectivity index (χ2n) is 4.99. The third kappa shape index (κ3) is 3.98. The third-order valence-corrected chi connectivity index (χ3v) is 3.16. The second kappa shape index (κ2) is 7.36. The van der Waals surface area contributed by atoms with Crippen molar-refractivity contribution in [2.24, 2.45) is 0 Å². The van der Waals surface area contributed by atoms with Crippen molar-refractivity contribution in [1.82, 2.24) is 15.1 Å². The molecule has 0 spiro atoms. The van der Waals surface area contributed by atoms with E-state index in [1.54, 1.807) is 9.80 Å². The lowest BCUT2D eigenvalue weighted by molar-refractivity contribution is -0.152. The van der Waals surface area contributed by atoms with E-state index in [0.717, 1.165) is 25.9 Å². The van der Waals surface area contributed by atoms with Gasteiger partial charge in [0.15, 0.2) is 0 Å². The number of hydrogen-bond acceptors (Lipinski definition) is 3. The van der Waals surface area contributed by atoms with Crippen LogP contribution < -0.4 is 5.32 Å². The predicted molar refractivity (Wildman–Crippen MR) is 71.2 cm³/mol. The summed E-state index contributed by atoms with van der Waals surface area (Å²) in [7, 11) is 0. The molecule has 0 bridgehead atoms. The Balaban J connectivity index is 2.65. The maximum Gasteiger partial charge on any atom is 0.312 e. The molecule has 0 aromatic carbocycles. The molecule has 5 heteroatoms. The Kier molecular flexibility index (Phi) is 6.12. The maximum atomic E-state index is 12.2. The molecule has 0 unspecified atom stereocenters. The van der Waals surface area contributed by atoms with Gasteiger partial charge in [0.25, 0.3) is 0 Å². The third-order valence-electron chi connectivity index (χ3n) is 3.16. The minimum atomic E-state index is -0.353. The molecule has 0 saturated carbocycles. The molecule has 0 radical (unpaired) electrons. The molecule has 1 aliphatic heterocycles. The molecule has 0 atom stereocenters. The Hall–Kier alpha value is -1.10. The van der Waals surface area contributed by atoms with Gasteiger partial charge in [-0.1, -0.05) is 6.92 Å². The van der Waals surface area contributed by atoms with Crippen molar-refractivity contribution in [1.29, 1.82) is 0 Å². The van der Waals surface area contributed by atoms with Crippen LogP contribution in [0.5, 0.6) is 0 Å². The van der Waals surface area contributed by atoms with Gasteiger partial charge < -0.3 is 15.1 Å². The summed E-state index contributed by atoms with van der Waals surface area (Å²) in [5.41, 5.74) is 0. The van der Waals surface area contributed by atoms with Crippen LogP contribution in [0, 0.1) is 0 Å². The number of rotatable bonds is 3. The van der Waals surface area contributed by atoms with E-state index in [4.69, 9.17) is 0 Å². The first kappa shape index (κ1) is 15.0. The van der Waals surface area contributed by atoms with Crippen LogP contribution in [-0.4, -0.2) is 60.4 Å². The highest BCUT2D eigenvalue weighted by atomic mass is 16.2. The summed E-state index contributed by atoms with van der Waals surface area (Å²) in [5, 5.41) is 3.23. The fraction of sp³-hybridized carbons (Fsp3) is 0.846. The van der Waals surface area contributed by atoms with Gasteiger partial charge in [0.2, 0.25) is 0 Å². The van der Waals surface area contributed by atoms with Crippen LogP contribution in [0.4, 0.5) is 0 Å². The topological polar surface area (TPSA) is 52.7 Å². The lowest BCUT2D eigenvalue weighted by Crippen LogP contribution is -2.48. The number of carbonyl (C=O) groups is 2. The molecule has 1 saturated heterocycles. The standard InChI is InChI=1S/C13H25N3O2/c1-4-8-16(11(2)3)13(18)12(17)15-9-5-6-14-7-10-15/h11,14H,4-10H2,1-3H3. The van der Waals surface area contributed by atoms with Gasteiger partial charge in [0.05, 0.1) is 0 Å². The smallest absolute Gasteiger partial charge is 0.312 e. The Labute approximate surface area is 110 Å². The SMILES string of the molecule is CCCN(C(=O)C(=O)N1CCCNCC1)C(C)C. The second-order valence-corrected chi connectivity index (χ2v) is 4.99. The fourth-order valence-corrected chi connectivity index (χ4v) is 2.14. The summed E-state index contributed by atoms with van der Waals surface area (Å²) >= 11 is 0. The molecule has 1 fully saturated rings. The molecule has 5 nitrogen and oxygen atoms in total. The van der Waals surface area contributed by atoms with E-state index in [1.165, 1.54) is 0 Å². The van der Waals surface area contributed by atoms with Crippen LogP contribution in [0.15, 0.2) is 0 Å². The van der Waals surface area contributed by atoms with Gasteiger partial charge in [-0.25, -0.2) is 0 Å². The normalized spacial score (nSPS) is 16.6. The molecule has 18 heavy (non-hydrogen) atoms. The van der Waals surface area contributed by atoms with E-state index in [2.05, 4.69) is 5.32 Å². The first-order valence-electron chi connectivity index (χ1n) is 6.88. The van der Waals surface area contributed by atoms with Gasteiger partial charge in [-0.3, -0.25) is 9.59 Å². The quantitative estimate of drug-likeness (QED) is 0.745. The Morgan fingerprint density at radius 3 is 2.61 bits per heavy atom. The van der Waals surface area contributed by atoms with Crippen molar-refractivity contribution < 1.29 is 9.59 Å². The summed E-state index contributed by atoms with van der Waals surface area (Å²) in [5.74, 6) is -0.699. The van der Waals surface area contributed by atoms with Gasteiger partial charge >= 0.3 is 11.8 Å². The zero-order chi connectivity index (χ0) is 13.5. The Morgan fingerprint density at radius 2 is 2.00 bits per heavy atom. The summed E-state index contributed by atoms with van der Waals surface area (Å²) < 4.78 is 0. The number of hydrogen-bond donors (Lipinski definition) is 1.